The fourth-order valence-electron chi connectivity index (χ4n) is 6.46. The van der Waals surface area contributed by atoms with Gasteiger partial charge in [-0.25, -0.2) is 8.42 Å². The third-order valence-corrected chi connectivity index (χ3v) is 8.56. The Balaban J connectivity index is 1.22. The van der Waals surface area contributed by atoms with Crippen LogP contribution in [0.5, 0.6) is 0 Å². The number of hydrogen-bond donors (Lipinski definition) is 2. The molecule has 2 aromatic carbocycles. The zero-order valence-corrected chi connectivity index (χ0v) is 19.2. The molecule has 6 heteroatoms. The zero-order valence-electron chi connectivity index (χ0n) is 18.3. The van der Waals surface area contributed by atoms with Crippen molar-refractivity contribution in [3.8, 4) is 0 Å². The molecule has 2 fully saturated rings. The summed E-state index contributed by atoms with van der Waals surface area (Å²) in [6, 6.07) is 16.3. The molecule has 0 radical (unpaired) electrons. The molecule has 2 atom stereocenters. The first-order chi connectivity index (χ1) is 14.7. The summed E-state index contributed by atoms with van der Waals surface area (Å²) in [5.74, 6) is 1.22. The second kappa shape index (κ2) is 7.32. The summed E-state index contributed by atoms with van der Waals surface area (Å²) in [5.41, 5.74) is 4.04. The number of rotatable bonds is 7. The van der Waals surface area contributed by atoms with E-state index in [0.717, 1.165) is 45.3 Å². The van der Waals surface area contributed by atoms with Crippen molar-refractivity contribution in [2.75, 3.05) is 30.6 Å². The van der Waals surface area contributed by atoms with Crippen molar-refractivity contribution in [2.45, 2.75) is 43.6 Å². The summed E-state index contributed by atoms with van der Waals surface area (Å²) in [4.78, 5) is 2.52. The highest BCUT2D eigenvalue weighted by molar-refractivity contribution is 7.92. The van der Waals surface area contributed by atoms with Gasteiger partial charge in [0.05, 0.1) is 11.9 Å². The maximum Gasteiger partial charge on any atom is 0.229 e. The summed E-state index contributed by atoms with van der Waals surface area (Å²) in [6.07, 6.45) is 4.60. The minimum atomic E-state index is -3.28. The SMILES string of the molecule is CCC1(c2cccc(NS(C)(=O)=O)c2)C2CN(CCC3(O)Cc4ccccc4C3)CC21. The van der Waals surface area contributed by atoms with E-state index in [2.05, 4.69) is 46.9 Å². The molecule has 2 aliphatic carbocycles. The lowest BCUT2D eigenvalue weighted by atomic mass is 9.87. The molecule has 0 spiro atoms. The van der Waals surface area contributed by atoms with Gasteiger partial charge in [0.2, 0.25) is 10.0 Å². The standard InChI is InChI=1S/C25H32N2O3S/c1-3-25(20-9-6-10-21(13-20)26-31(2,29)30)22-16-27(17-23(22)25)12-11-24(28)14-18-7-4-5-8-19(18)15-24/h4-10,13,22-23,26,28H,3,11-12,14-17H2,1-2H3. The number of hydrogen-bond acceptors (Lipinski definition) is 4. The summed E-state index contributed by atoms with van der Waals surface area (Å²) < 4.78 is 25.9. The van der Waals surface area contributed by atoms with E-state index in [1.807, 2.05) is 18.2 Å². The van der Waals surface area contributed by atoms with Crippen LogP contribution in [0.15, 0.2) is 48.5 Å². The molecule has 2 unspecified atom stereocenters. The topological polar surface area (TPSA) is 69.6 Å². The van der Waals surface area contributed by atoms with Crippen molar-refractivity contribution in [3.63, 3.8) is 0 Å². The summed E-state index contributed by atoms with van der Waals surface area (Å²) in [5, 5.41) is 11.1. The predicted octanol–water partition coefficient (Wildman–Crippen LogP) is 3.19. The van der Waals surface area contributed by atoms with Crippen LogP contribution in [-0.4, -0.2) is 49.9 Å². The van der Waals surface area contributed by atoms with Crippen molar-refractivity contribution >= 4 is 15.7 Å². The molecular weight excluding hydrogens is 408 g/mol. The lowest BCUT2D eigenvalue weighted by molar-refractivity contribution is 0.0318. The predicted molar refractivity (Wildman–Crippen MR) is 124 cm³/mol. The number of anilines is 1. The maximum atomic E-state index is 11.6. The van der Waals surface area contributed by atoms with Gasteiger partial charge >= 0.3 is 0 Å². The molecule has 2 aromatic rings. The summed E-state index contributed by atoms with van der Waals surface area (Å²) >= 11 is 0. The van der Waals surface area contributed by atoms with E-state index in [1.54, 1.807) is 0 Å². The molecular formula is C25H32N2O3S. The second-order valence-corrected chi connectivity index (χ2v) is 11.7. The molecule has 1 saturated heterocycles. The van der Waals surface area contributed by atoms with Gasteiger partial charge in [0.15, 0.2) is 0 Å². The Morgan fingerprint density at radius 3 is 2.29 bits per heavy atom. The Morgan fingerprint density at radius 2 is 1.71 bits per heavy atom. The highest BCUT2D eigenvalue weighted by atomic mass is 32.2. The van der Waals surface area contributed by atoms with Crippen molar-refractivity contribution in [1.82, 2.24) is 4.90 Å². The van der Waals surface area contributed by atoms with Gasteiger partial charge < -0.3 is 10.0 Å². The van der Waals surface area contributed by atoms with Crippen molar-refractivity contribution in [1.29, 1.82) is 0 Å². The third kappa shape index (κ3) is 3.79. The number of benzene rings is 2. The van der Waals surface area contributed by atoms with Crippen LogP contribution >= 0.6 is 0 Å². The van der Waals surface area contributed by atoms with Crippen LogP contribution in [0.1, 0.15) is 36.5 Å². The Morgan fingerprint density at radius 1 is 1.06 bits per heavy atom. The molecule has 0 bridgehead atoms. The molecule has 2 N–H and O–H groups in total. The monoisotopic (exact) mass is 440 g/mol. The fourth-order valence-corrected chi connectivity index (χ4v) is 7.01. The minimum Gasteiger partial charge on any atom is -0.389 e. The maximum absolute atomic E-state index is 11.6. The molecule has 1 saturated carbocycles. The molecule has 1 heterocycles. The second-order valence-electron chi connectivity index (χ2n) is 9.92. The van der Waals surface area contributed by atoms with E-state index >= 15 is 0 Å². The number of nitrogens with zero attached hydrogens (tertiary/aromatic N) is 1. The molecule has 5 nitrogen and oxygen atoms in total. The van der Waals surface area contributed by atoms with E-state index in [-0.39, 0.29) is 5.41 Å². The molecule has 31 heavy (non-hydrogen) atoms. The van der Waals surface area contributed by atoms with E-state index in [1.165, 1.54) is 22.9 Å². The van der Waals surface area contributed by atoms with Crippen molar-refractivity contribution in [2.24, 2.45) is 11.8 Å². The third-order valence-electron chi connectivity index (χ3n) is 7.95. The van der Waals surface area contributed by atoms with Crippen LogP contribution in [0, 0.1) is 11.8 Å². The number of likely N-dealkylation sites (tertiary alicyclic amines) is 1. The molecule has 3 aliphatic rings. The van der Waals surface area contributed by atoms with Gasteiger partial charge in [-0.3, -0.25) is 4.72 Å². The quantitative estimate of drug-likeness (QED) is 0.694. The van der Waals surface area contributed by atoms with Crippen LogP contribution in [0.2, 0.25) is 0 Å². The van der Waals surface area contributed by atoms with Crippen LogP contribution < -0.4 is 4.72 Å². The van der Waals surface area contributed by atoms with Crippen LogP contribution in [0.25, 0.3) is 0 Å². The first-order valence-electron chi connectivity index (χ1n) is 11.3. The highest BCUT2D eigenvalue weighted by Crippen LogP contribution is 2.65. The van der Waals surface area contributed by atoms with E-state index in [4.69, 9.17) is 0 Å². The Kier molecular flexibility index (Phi) is 4.96. The van der Waals surface area contributed by atoms with Gasteiger partial charge in [0, 0.05) is 43.6 Å². The molecule has 166 valence electrons. The van der Waals surface area contributed by atoms with Gasteiger partial charge in [-0.15, -0.1) is 0 Å². The van der Waals surface area contributed by atoms with E-state index in [9.17, 15) is 13.5 Å². The number of fused-ring (bicyclic) bond motifs is 2. The van der Waals surface area contributed by atoms with Gasteiger partial charge in [-0.05, 0) is 53.5 Å². The number of sulfonamides is 1. The largest absolute Gasteiger partial charge is 0.389 e. The first-order valence-corrected chi connectivity index (χ1v) is 13.2. The Bertz CT molecular complexity index is 1060. The normalized spacial score (nSPS) is 28.9. The van der Waals surface area contributed by atoms with E-state index < -0.39 is 15.6 Å². The zero-order chi connectivity index (χ0) is 21.9. The van der Waals surface area contributed by atoms with Gasteiger partial charge in [0.1, 0.15) is 0 Å². The van der Waals surface area contributed by atoms with E-state index in [0.29, 0.717) is 17.5 Å². The summed E-state index contributed by atoms with van der Waals surface area (Å²) in [6.45, 7) is 5.31. The number of piperidine rings is 1. The van der Waals surface area contributed by atoms with Crippen LogP contribution in [-0.2, 0) is 28.3 Å². The smallest absolute Gasteiger partial charge is 0.229 e. The highest BCUT2D eigenvalue weighted by Gasteiger charge is 2.67. The molecule has 1 aliphatic heterocycles. The van der Waals surface area contributed by atoms with Gasteiger partial charge in [0.25, 0.3) is 0 Å². The average molecular weight is 441 g/mol. The minimum absolute atomic E-state index is 0.159. The lowest BCUT2D eigenvalue weighted by Gasteiger charge is -2.30. The van der Waals surface area contributed by atoms with Crippen molar-refractivity contribution < 1.29 is 13.5 Å². The fraction of sp³-hybridized carbons (Fsp3) is 0.520. The molecule has 0 aromatic heterocycles. The first kappa shape index (κ1) is 21.0. The van der Waals surface area contributed by atoms with Crippen LogP contribution in [0.3, 0.4) is 0 Å². The van der Waals surface area contributed by atoms with Crippen molar-refractivity contribution in [3.05, 3.63) is 65.2 Å². The average Bonchev–Trinajstić information content (AvgIpc) is 3.01. The number of nitrogens with one attached hydrogen (secondary N) is 1. The molecule has 5 rings (SSSR count). The Hall–Kier alpha value is -1.89. The van der Waals surface area contributed by atoms with Crippen LogP contribution in [0.4, 0.5) is 5.69 Å². The molecule has 0 amide bonds. The number of aliphatic hydroxyl groups is 1. The summed E-state index contributed by atoms with van der Waals surface area (Å²) in [7, 11) is -3.28. The van der Waals surface area contributed by atoms with Gasteiger partial charge in [-0.2, -0.15) is 0 Å². The lowest BCUT2D eigenvalue weighted by Crippen LogP contribution is -2.37. The Labute approximate surface area is 185 Å². The van der Waals surface area contributed by atoms with Gasteiger partial charge in [-0.1, -0.05) is 43.3 Å².